The monoisotopic (exact) mass is 506 g/mol. The highest BCUT2D eigenvalue weighted by Gasteiger charge is 2.21. The second-order valence-corrected chi connectivity index (χ2v) is 9.57. The van der Waals surface area contributed by atoms with E-state index < -0.39 is 0 Å². The Morgan fingerprint density at radius 2 is 1.81 bits per heavy atom. The number of hydrazine groups is 2. The second-order valence-electron chi connectivity index (χ2n) is 9.57. The van der Waals surface area contributed by atoms with Gasteiger partial charge in [0, 0.05) is 31.4 Å². The normalized spacial score (nSPS) is 16.0. The maximum Gasteiger partial charge on any atom is 0.133 e. The SMILES string of the molecule is C=CCCNC(CCC)c1ccc(N(C)NN(/C=C2C=C(C(=C/CCC)/C(F)=C(/C)C=C)C\2)CC)cc1. The van der Waals surface area contributed by atoms with Gasteiger partial charge in [0.1, 0.15) is 5.83 Å². The van der Waals surface area contributed by atoms with Crippen molar-refractivity contribution < 1.29 is 4.39 Å². The molecule has 202 valence electrons. The van der Waals surface area contributed by atoms with Gasteiger partial charge in [0.15, 0.2) is 0 Å². The Morgan fingerprint density at radius 3 is 2.38 bits per heavy atom. The van der Waals surface area contributed by atoms with Gasteiger partial charge in [0.2, 0.25) is 0 Å². The smallest absolute Gasteiger partial charge is 0.133 e. The zero-order valence-corrected chi connectivity index (χ0v) is 23.6. The number of hydrogen-bond acceptors (Lipinski definition) is 4. The molecule has 4 nitrogen and oxygen atoms in total. The molecule has 1 unspecified atom stereocenters. The van der Waals surface area contributed by atoms with E-state index in [1.165, 1.54) is 11.1 Å². The molecule has 37 heavy (non-hydrogen) atoms. The summed E-state index contributed by atoms with van der Waals surface area (Å²) >= 11 is 0. The first-order valence-electron chi connectivity index (χ1n) is 13.7. The number of rotatable bonds is 17. The van der Waals surface area contributed by atoms with E-state index in [0.717, 1.165) is 62.9 Å². The molecule has 0 aromatic heterocycles. The van der Waals surface area contributed by atoms with Gasteiger partial charge in [-0.3, -0.25) is 10.0 Å². The summed E-state index contributed by atoms with van der Waals surface area (Å²) in [6, 6.07) is 9.10. The Balaban J connectivity index is 2.07. The van der Waals surface area contributed by atoms with Crippen molar-refractivity contribution in [1.29, 1.82) is 0 Å². The molecule has 0 saturated heterocycles. The van der Waals surface area contributed by atoms with Crippen LogP contribution in [0.25, 0.3) is 0 Å². The van der Waals surface area contributed by atoms with E-state index in [-0.39, 0.29) is 5.83 Å². The lowest BCUT2D eigenvalue weighted by Gasteiger charge is -2.31. The second kappa shape index (κ2) is 16.1. The van der Waals surface area contributed by atoms with Crippen LogP contribution in [0, 0.1) is 0 Å². The van der Waals surface area contributed by atoms with Crippen LogP contribution < -0.4 is 15.9 Å². The average Bonchev–Trinajstić information content (AvgIpc) is 2.89. The quantitative estimate of drug-likeness (QED) is 0.0964. The van der Waals surface area contributed by atoms with Gasteiger partial charge in [-0.1, -0.05) is 69.7 Å². The zero-order valence-electron chi connectivity index (χ0n) is 23.6. The fourth-order valence-electron chi connectivity index (χ4n) is 4.23. The fourth-order valence-corrected chi connectivity index (χ4v) is 4.23. The maximum atomic E-state index is 14.9. The summed E-state index contributed by atoms with van der Waals surface area (Å²) in [6.45, 7) is 17.5. The van der Waals surface area contributed by atoms with Crippen molar-refractivity contribution in [3.63, 3.8) is 0 Å². The Hall–Kier alpha value is -2.89. The summed E-state index contributed by atoms with van der Waals surface area (Å²) < 4.78 is 14.9. The summed E-state index contributed by atoms with van der Waals surface area (Å²) in [7, 11) is 2.02. The third-order valence-corrected chi connectivity index (χ3v) is 6.57. The van der Waals surface area contributed by atoms with Crippen molar-refractivity contribution in [3.8, 4) is 0 Å². The minimum absolute atomic E-state index is 0.167. The Kier molecular flexibility index (Phi) is 13.2. The van der Waals surface area contributed by atoms with Gasteiger partial charge in [-0.25, -0.2) is 4.39 Å². The number of hydrogen-bond donors (Lipinski definition) is 2. The van der Waals surface area contributed by atoms with Gasteiger partial charge in [0.25, 0.3) is 0 Å². The van der Waals surface area contributed by atoms with Crippen LogP contribution in [0.1, 0.15) is 77.8 Å². The highest BCUT2D eigenvalue weighted by Crippen LogP contribution is 2.36. The van der Waals surface area contributed by atoms with Crippen molar-refractivity contribution in [2.24, 2.45) is 0 Å². The van der Waals surface area contributed by atoms with Crippen LogP contribution in [-0.4, -0.2) is 25.1 Å². The lowest BCUT2D eigenvalue weighted by molar-refractivity contribution is 0.277. The molecule has 1 aliphatic carbocycles. The van der Waals surface area contributed by atoms with Crippen LogP contribution in [-0.2, 0) is 0 Å². The van der Waals surface area contributed by atoms with E-state index in [1.54, 1.807) is 13.0 Å². The predicted molar refractivity (Wildman–Crippen MR) is 159 cm³/mol. The molecule has 0 aliphatic heterocycles. The third kappa shape index (κ3) is 9.17. The number of allylic oxidation sites excluding steroid dienone is 8. The van der Waals surface area contributed by atoms with Gasteiger partial charge >= 0.3 is 0 Å². The topological polar surface area (TPSA) is 30.5 Å². The molecule has 0 saturated carbocycles. The van der Waals surface area contributed by atoms with E-state index in [0.29, 0.717) is 17.2 Å². The zero-order chi connectivity index (χ0) is 27.2. The molecule has 1 atom stereocenters. The minimum Gasteiger partial charge on any atom is -0.310 e. The molecular formula is C32H47FN4. The van der Waals surface area contributed by atoms with Crippen molar-refractivity contribution in [1.82, 2.24) is 15.9 Å². The highest BCUT2D eigenvalue weighted by molar-refractivity contribution is 5.56. The molecule has 0 bridgehead atoms. The molecule has 0 heterocycles. The first-order valence-corrected chi connectivity index (χ1v) is 13.7. The number of unbranched alkanes of at least 4 members (excludes halogenated alkanes) is 1. The molecule has 0 radical (unpaired) electrons. The summed E-state index contributed by atoms with van der Waals surface area (Å²) in [6.07, 6.45) is 15.6. The molecule has 1 aliphatic rings. The predicted octanol–water partition coefficient (Wildman–Crippen LogP) is 8.24. The molecule has 1 aromatic rings. The van der Waals surface area contributed by atoms with Gasteiger partial charge in [-0.05, 0) is 80.5 Å². The Bertz CT molecular complexity index is 1000. The van der Waals surface area contributed by atoms with Crippen LogP contribution >= 0.6 is 0 Å². The van der Waals surface area contributed by atoms with E-state index in [4.69, 9.17) is 0 Å². The van der Waals surface area contributed by atoms with Gasteiger partial charge in [0.05, 0.1) is 5.69 Å². The van der Waals surface area contributed by atoms with Crippen molar-refractivity contribution in [3.05, 3.63) is 102 Å². The largest absolute Gasteiger partial charge is 0.310 e. The Morgan fingerprint density at radius 1 is 1.11 bits per heavy atom. The van der Waals surface area contributed by atoms with Crippen LogP contribution in [0.3, 0.4) is 0 Å². The van der Waals surface area contributed by atoms with Gasteiger partial charge in [-0.15, -0.1) is 12.1 Å². The number of nitrogens with one attached hydrogen (secondary N) is 2. The van der Waals surface area contributed by atoms with E-state index in [9.17, 15) is 4.39 Å². The molecule has 0 spiro atoms. The first-order chi connectivity index (χ1) is 17.9. The fraction of sp³-hybridized carbons (Fsp3) is 0.438. The Labute approximate surface area is 225 Å². The van der Waals surface area contributed by atoms with Crippen LogP contribution in [0.5, 0.6) is 0 Å². The molecule has 2 rings (SSSR count). The summed E-state index contributed by atoms with van der Waals surface area (Å²) in [5.74, 6) is -0.167. The molecule has 5 heteroatoms. The summed E-state index contributed by atoms with van der Waals surface area (Å²) in [4.78, 5) is 0. The van der Waals surface area contributed by atoms with Crippen molar-refractivity contribution >= 4 is 5.69 Å². The lowest BCUT2D eigenvalue weighted by Crippen LogP contribution is -2.45. The number of benzene rings is 1. The number of anilines is 1. The molecule has 2 N–H and O–H groups in total. The molecule has 0 amide bonds. The maximum absolute atomic E-state index is 14.9. The third-order valence-electron chi connectivity index (χ3n) is 6.57. The minimum atomic E-state index is -0.167. The molecular weight excluding hydrogens is 459 g/mol. The van der Waals surface area contributed by atoms with Gasteiger partial charge < -0.3 is 5.32 Å². The van der Waals surface area contributed by atoms with E-state index >= 15 is 0 Å². The first kappa shape index (κ1) is 30.3. The van der Waals surface area contributed by atoms with E-state index in [2.05, 4.69) is 86.3 Å². The van der Waals surface area contributed by atoms with Crippen LogP contribution in [0.4, 0.5) is 10.1 Å². The highest BCUT2D eigenvalue weighted by atomic mass is 19.1. The van der Waals surface area contributed by atoms with Crippen LogP contribution in [0.15, 0.2) is 96.0 Å². The standard InChI is InChI=1S/C32H47FN4/c1-8-13-16-30(32(33)25(6)11-4)28-22-26(23-28)24-37(12-5)35-36(7)29-19-17-27(18-20-29)31(15-10-3)34-21-14-9-2/h9,11,16-20,22,24,31,34-35H,2,4,8,10,12-15,21,23H2,1,3,5-7H3/b26-24+,30-16-,32-25+. The summed E-state index contributed by atoms with van der Waals surface area (Å²) in [5.41, 5.74) is 9.36. The number of halogens is 1. The van der Waals surface area contributed by atoms with Gasteiger partial charge in [-0.2, -0.15) is 0 Å². The van der Waals surface area contributed by atoms with Crippen molar-refractivity contribution in [2.45, 2.75) is 72.3 Å². The van der Waals surface area contributed by atoms with Crippen LogP contribution in [0.2, 0.25) is 0 Å². The summed E-state index contributed by atoms with van der Waals surface area (Å²) in [5, 5.41) is 7.73. The number of nitrogens with zero attached hydrogens (tertiary/aromatic N) is 2. The average molecular weight is 507 g/mol. The lowest BCUT2D eigenvalue weighted by atomic mass is 9.85. The molecule has 1 aromatic carbocycles. The van der Waals surface area contributed by atoms with E-state index in [1.807, 2.05) is 24.2 Å². The molecule has 0 fully saturated rings. The van der Waals surface area contributed by atoms with Crippen molar-refractivity contribution in [2.75, 3.05) is 25.1 Å².